The van der Waals surface area contributed by atoms with Gasteiger partial charge in [-0.25, -0.2) is 22.1 Å². The summed E-state index contributed by atoms with van der Waals surface area (Å²) in [5.41, 5.74) is 7.84. The summed E-state index contributed by atoms with van der Waals surface area (Å²) in [5.74, 6) is -0.751. The van der Waals surface area contributed by atoms with E-state index in [1.54, 1.807) is 25.3 Å². The number of halogens is 2. The summed E-state index contributed by atoms with van der Waals surface area (Å²) in [6.07, 6.45) is 4.16. The van der Waals surface area contributed by atoms with E-state index in [0.717, 1.165) is 34.0 Å². The summed E-state index contributed by atoms with van der Waals surface area (Å²) in [6, 6.07) is 6.76. The maximum absolute atomic E-state index is 14.7. The van der Waals surface area contributed by atoms with Crippen LogP contribution in [-0.2, 0) is 28.4 Å². The molecule has 0 radical (unpaired) electrons. The Hall–Kier alpha value is -2.19. The number of hydrogen-bond donors (Lipinski definition) is 1. The number of aromatic nitrogens is 1. The first-order chi connectivity index (χ1) is 13.6. The topological polar surface area (TPSA) is 88.7 Å². The van der Waals surface area contributed by atoms with Gasteiger partial charge in [-0.3, -0.25) is 4.98 Å². The van der Waals surface area contributed by atoms with Gasteiger partial charge in [-0.1, -0.05) is 23.7 Å². The predicted octanol–water partition coefficient (Wildman–Crippen LogP) is 2.95. The van der Waals surface area contributed by atoms with E-state index in [1.165, 1.54) is 13.1 Å². The van der Waals surface area contributed by atoms with Gasteiger partial charge in [0.15, 0.2) is 0 Å². The molecule has 1 aliphatic heterocycles. The van der Waals surface area contributed by atoms with Gasteiger partial charge in [0.2, 0.25) is 16.0 Å². The van der Waals surface area contributed by atoms with E-state index < -0.39 is 21.4 Å². The van der Waals surface area contributed by atoms with Crippen LogP contribution in [0.1, 0.15) is 41.6 Å². The maximum atomic E-state index is 14.7. The number of aliphatic imine (C=N–C) groups is 1. The van der Waals surface area contributed by atoms with Crippen molar-refractivity contribution in [3.8, 4) is 0 Å². The summed E-state index contributed by atoms with van der Waals surface area (Å²) in [6.45, 7) is 1.60. The average Bonchev–Trinajstić information content (AvgIpc) is 3.03. The number of sulfonamides is 1. The van der Waals surface area contributed by atoms with Crippen LogP contribution in [0.3, 0.4) is 0 Å². The van der Waals surface area contributed by atoms with Gasteiger partial charge in [-0.2, -0.15) is 0 Å². The van der Waals surface area contributed by atoms with Gasteiger partial charge in [0.1, 0.15) is 11.4 Å². The van der Waals surface area contributed by atoms with Gasteiger partial charge in [-0.15, -0.1) is 0 Å². The third-order valence-corrected chi connectivity index (χ3v) is 7.95. The standard InChI is InChI=1S/C20H22ClFN4O2S/c1-20(11-29(27,28)26(2)19(23)25-20)16-8-12(3-5-17(16)22)7-13-4-6-18-15(13)9-14(21)10-24-18/h3,5,8-10,13H,4,6-7,11H2,1-2H3,(H2,23,25)/t13-,20-/m0/s1. The normalized spacial score (nSPS) is 25.6. The number of pyridine rings is 1. The molecular weight excluding hydrogens is 415 g/mol. The van der Waals surface area contributed by atoms with E-state index in [1.807, 2.05) is 6.07 Å². The fraction of sp³-hybridized carbons (Fsp3) is 0.400. The number of rotatable bonds is 3. The lowest BCUT2D eigenvalue weighted by Gasteiger charge is -2.34. The Balaban J connectivity index is 1.69. The third-order valence-electron chi connectivity index (χ3n) is 5.80. The molecule has 0 unspecified atom stereocenters. The molecule has 0 spiro atoms. The highest BCUT2D eigenvalue weighted by Gasteiger charge is 2.41. The van der Waals surface area contributed by atoms with E-state index in [-0.39, 0.29) is 23.2 Å². The second kappa shape index (κ2) is 6.95. The fourth-order valence-corrected chi connectivity index (χ4v) is 5.82. The lowest BCUT2D eigenvalue weighted by molar-refractivity contribution is 0.457. The van der Waals surface area contributed by atoms with Crippen molar-refractivity contribution in [2.45, 2.75) is 37.6 Å². The van der Waals surface area contributed by atoms with Crippen LogP contribution in [0.5, 0.6) is 0 Å². The van der Waals surface area contributed by atoms with Crippen LogP contribution in [0, 0.1) is 5.82 Å². The highest BCUT2D eigenvalue weighted by molar-refractivity contribution is 7.89. The van der Waals surface area contributed by atoms with Gasteiger partial charge in [-0.05, 0) is 55.4 Å². The zero-order valence-corrected chi connectivity index (χ0v) is 17.8. The number of guanidine groups is 1. The van der Waals surface area contributed by atoms with Crippen molar-refractivity contribution in [2.24, 2.45) is 10.7 Å². The quantitative estimate of drug-likeness (QED) is 0.801. The SMILES string of the molecule is CN1C(N)=N[C@](C)(c2cc(C[C@@H]3CCc4ncc(Cl)cc43)ccc2F)CS1(=O)=O. The van der Waals surface area contributed by atoms with Crippen LogP contribution in [0.2, 0.25) is 5.02 Å². The summed E-state index contributed by atoms with van der Waals surface area (Å²) < 4.78 is 40.6. The first kappa shape index (κ1) is 20.1. The number of hydrogen-bond acceptors (Lipinski definition) is 5. The van der Waals surface area contributed by atoms with E-state index in [0.29, 0.717) is 11.4 Å². The second-order valence-corrected chi connectivity index (χ2v) is 10.3. The monoisotopic (exact) mass is 436 g/mol. The van der Waals surface area contributed by atoms with Crippen molar-refractivity contribution >= 4 is 27.6 Å². The van der Waals surface area contributed by atoms with Crippen molar-refractivity contribution in [1.82, 2.24) is 9.29 Å². The molecule has 0 amide bonds. The van der Waals surface area contributed by atoms with Crippen LogP contribution in [0.15, 0.2) is 35.5 Å². The first-order valence-electron chi connectivity index (χ1n) is 9.34. The molecule has 2 aromatic rings. The Morgan fingerprint density at radius 1 is 1.38 bits per heavy atom. The van der Waals surface area contributed by atoms with Gasteiger partial charge in [0.25, 0.3) is 0 Å². The van der Waals surface area contributed by atoms with Crippen LogP contribution < -0.4 is 5.73 Å². The number of benzene rings is 1. The Morgan fingerprint density at radius 2 is 2.14 bits per heavy atom. The molecule has 6 nitrogen and oxygen atoms in total. The zero-order chi connectivity index (χ0) is 21.0. The zero-order valence-electron chi connectivity index (χ0n) is 16.2. The maximum Gasteiger partial charge on any atom is 0.239 e. The molecule has 0 fully saturated rings. The lowest BCUT2D eigenvalue weighted by atomic mass is 9.88. The largest absolute Gasteiger partial charge is 0.369 e. The minimum atomic E-state index is -3.68. The molecule has 9 heteroatoms. The van der Waals surface area contributed by atoms with Crippen molar-refractivity contribution in [1.29, 1.82) is 0 Å². The number of aryl methyl sites for hydroxylation is 1. The van der Waals surface area contributed by atoms with Crippen molar-refractivity contribution in [3.63, 3.8) is 0 Å². The minimum Gasteiger partial charge on any atom is -0.369 e. The van der Waals surface area contributed by atoms with Crippen LogP contribution >= 0.6 is 11.6 Å². The van der Waals surface area contributed by atoms with Gasteiger partial charge in [0.05, 0.1) is 10.8 Å². The summed E-state index contributed by atoms with van der Waals surface area (Å²) in [7, 11) is -2.33. The van der Waals surface area contributed by atoms with Crippen LogP contribution in [-0.4, -0.2) is 36.5 Å². The lowest BCUT2D eigenvalue weighted by Crippen LogP contribution is -2.50. The molecule has 0 saturated heterocycles. The van der Waals surface area contributed by atoms with Gasteiger partial charge < -0.3 is 5.73 Å². The van der Waals surface area contributed by atoms with Crippen LogP contribution in [0.4, 0.5) is 4.39 Å². The van der Waals surface area contributed by atoms with Gasteiger partial charge >= 0.3 is 0 Å². The minimum absolute atomic E-state index is 0.144. The van der Waals surface area contributed by atoms with E-state index in [9.17, 15) is 12.8 Å². The van der Waals surface area contributed by atoms with Gasteiger partial charge in [0, 0.05) is 24.5 Å². The Morgan fingerprint density at radius 3 is 2.86 bits per heavy atom. The third kappa shape index (κ3) is 3.59. The summed E-state index contributed by atoms with van der Waals surface area (Å²) in [4.78, 5) is 8.72. The van der Waals surface area contributed by atoms with Crippen molar-refractivity contribution in [3.05, 3.63) is 63.7 Å². The molecule has 1 aromatic heterocycles. The molecule has 0 bridgehead atoms. The predicted molar refractivity (Wildman–Crippen MR) is 111 cm³/mol. The number of fused-ring (bicyclic) bond motifs is 1. The molecule has 1 aromatic carbocycles. The molecule has 1 aliphatic carbocycles. The molecule has 2 N–H and O–H groups in total. The molecule has 2 heterocycles. The van der Waals surface area contributed by atoms with Crippen LogP contribution in [0.25, 0.3) is 0 Å². The smallest absolute Gasteiger partial charge is 0.239 e. The van der Waals surface area contributed by atoms with Crippen molar-refractivity contribution < 1.29 is 12.8 Å². The highest BCUT2D eigenvalue weighted by Crippen LogP contribution is 2.38. The Bertz CT molecular complexity index is 1120. The molecule has 29 heavy (non-hydrogen) atoms. The molecule has 2 aliphatic rings. The second-order valence-electron chi connectivity index (χ2n) is 7.91. The summed E-state index contributed by atoms with van der Waals surface area (Å²) in [5, 5.41) is 0.601. The first-order valence-corrected chi connectivity index (χ1v) is 11.3. The number of nitrogens with two attached hydrogens (primary N) is 1. The van der Waals surface area contributed by atoms with E-state index in [4.69, 9.17) is 17.3 Å². The molecule has 154 valence electrons. The fourth-order valence-electron chi connectivity index (χ4n) is 4.21. The molecule has 2 atom stereocenters. The molecule has 0 saturated carbocycles. The summed E-state index contributed by atoms with van der Waals surface area (Å²) >= 11 is 6.11. The van der Waals surface area contributed by atoms with E-state index >= 15 is 0 Å². The Kier molecular flexibility index (Phi) is 4.82. The molecule has 4 rings (SSSR count). The Labute approximate surface area is 174 Å². The highest BCUT2D eigenvalue weighted by atomic mass is 35.5. The van der Waals surface area contributed by atoms with E-state index in [2.05, 4.69) is 9.98 Å². The molecular formula is C20H22ClFN4O2S. The average molecular weight is 437 g/mol. The number of nitrogens with zero attached hydrogens (tertiary/aromatic N) is 3. The van der Waals surface area contributed by atoms with Crippen molar-refractivity contribution in [2.75, 3.05) is 12.8 Å².